The van der Waals surface area contributed by atoms with Crippen molar-refractivity contribution in [3.63, 3.8) is 0 Å². The second kappa shape index (κ2) is 9.09. The molecule has 1 aromatic heterocycles. The van der Waals surface area contributed by atoms with E-state index >= 15 is 0 Å². The molecule has 2 aliphatic rings. The summed E-state index contributed by atoms with van der Waals surface area (Å²) in [5.74, 6) is 0.0731. The molecule has 1 saturated carbocycles. The van der Waals surface area contributed by atoms with Gasteiger partial charge in [0.25, 0.3) is 0 Å². The van der Waals surface area contributed by atoms with Crippen molar-refractivity contribution in [2.75, 3.05) is 7.11 Å². The number of methoxy groups -OCH3 is 1. The SMILES string of the molecule is COc1cc(-c2ccc(C3CCc4ccc(C(C5CC5)[C@H](C)C(=O)O)cc4O3)cc2)c(F)cn1. The quantitative estimate of drug-likeness (QED) is 0.455. The predicted octanol–water partition coefficient (Wildman–Crippen LogP) is 6.18. The Morgan fingerprint density at radius 3 is 2.59 bits per heavy atom. The fraction of sp³-hybridized carbons (Fsp3) is 0.357. The average Bonchev–Trinajstić information content (AvgIpc) is 3.69. The highest BCUT2D eigenvalue weighted by atomic mass is 19.1. The molecular weight excluding hydrogens is 433 g/mol. The van der Waals surface area contributed by atoms with E-state index in [-0.39, 0.29) is 12.0 Å². The molecule has 0 amide bonds. The molecule has 1 aliphatic heterocycles. The number of halogens is 1. The van der Waals surface area contributed by atoms with Crippen LogP contribution in [0.25, 0.3) is 11.1 Å². The number of carboxylic acid groups (broad SMARTS) is 1. The van der Waals surface area contributed by atoms with Gasteiger partial charge in [0.1, 0.15) is 17.7 Å². The highest BCUT2D eigenvalue weighted by Crippen LogP contribution is 2.48. The van der Waals surface area contributed by atoms with Crippen LogP contribution in [0, 0.1) is 17.7 Å². The second-order valence-corrected chi connectivity index (χ2v) is 9.33. The average molecular weight is 462 g/mol. The molecule has 5 rings (SSSR count). The Morgan fingerprint density at radius 1 is 1.15 bits per heavy atom. The van der Waals surface area contributed by atoms with Gasteiger partial charge in [0.2, 0.25) is 5.88 Å². The van der Waals surface area contributed by atoms with Gasteiger partial charge in [-0.1, -0.05) is 43.3 Å². The zero-order valence-corrected chi connectivity index (χ0v) is 19.3. The fourth-order valence-electron chi connectivity index (χ4n) is 5.04. The van der Waals surface area contributed by atoms with Gasteiger partial charge in [-0.2, -0.15) is 0 Å². The Bertz CT molecular complexity index is 1210. The summed E-state index contributed by atoms with van der Waals surface area (Å²) in [5, 5.41) is 9.61. The maximum atomic E-state index is 14.3. The first kappa shape index (κ1) is 22.4. The Labute approximate surface area is 198 Å². The number of aryl methyl sites for hydroxylation is 1. The van der Waals surface area contributed by atoms with E-state index in [1.165, 1.54) is 13.3 Å². The van der Waals surface area contributed by atoms with Gasteiger partial charge in [0.15, 0.2) is 0 Å². The molecule has 2 heterocycles. The Morgan fingerprint density at radius 2 is 1.91 bits per heavy atom. The molecule has 0 spiro atoms. The number of hydrogen-bond acceptors (Lipinski definition) is 4. The summed E-state index contributed by atoms with van der Waals surface area (Å²) in [5.41, 5.74) is 4.42. The van der Waals surface area contributed by atoms with Crippen LogP contribution in [0.3, 0.4) is 0 Å². The van der Waals surface area contributed by atoms with Crippen molar-refractivity contribution in [3.8, 4) is 22.8 Å². The van der Waals surface area contributed by atoms with Gasteiger partial charge in [-0.3, -0.25) is 4.79 Å². The first-order valence-electron chi connectivity index (χ1n) is 11.8. The lowest BCUT2D eigenvalue weighted by Gasteiger charge is -2.29. The monoisotopic (exact) mass is 461 g/mol. The minimum absolute atomic E-state index is 0.0123. The van der Waals surface area contributed by atoms with E-state index in [2.05, 4.69) is 23.2 Å². The molecule has 0 bridgehead atoms. The molecule has 6 heteroatoms. The van der Waals surface area contributed by atoms with Crippen LogP contribution in [0.4, 0.5) is 4.39 Å². The zero-order valence-electron chi connectivity index (χ0n) is 19.3. The largest absolute Gasteiger partial charge is 0.485 e. The smallest absolute Gasteiger partial charge is 0.306 e. The van der Waals surface area contributed by atoms with Crippen molar-refractivity contribution in [1.29, 1.82) is 0 Å². The van der Waals surface area contributed by atoms with Crippen LogP contribution >= 0.6 is 0 Å². The molecule has 2 unspecified atom stereocenters. The number of carbonyl (C=O) groups is 1. The Hall–Kier alpha value is -3.41. The number of rotatable bonds is 7. The molecule has 3 atom stereocenters. The molecule has 1 aliphatic carbocycles. The number of pyridine rings is 1. The first-order chi connectivity index (χ1) is 16.4. The van der Waals surface area contributed by atoms with Crippen LogP contribution in [-0.4, -0.2) is 23.2 Å². The van der Waals surface area contributed by atoms with Gasteiger partial charge >= 0.3 is 5.97 Å². The van der Waals surface area contributed by atoms with E-state index in [0.29, 0.717) is 17.4 Å². The minimum Gasteiger partial charge on any atom is -0.485 e. The highest BCUT2D eigenvalue weighted by molar-refractivity contribution is 5.71. The lowest BCUT2D eigenvalue weighted by molar-refractivity contribution is -0.142. The molecule has 34 heavy (non-hydrogen) atoms. The number of ether oxygens (including phenoxy) is 2. The summed E-state index contributed by atoms with van der Waals surface area (Å²) in [4.78, 5) is 15.6. The molecule has 0 saturated heterocycles. The number of benzene rings is 2. The van der Waals surface area contributed by atoms with E-state index in [0.717, 1.165) is 53.7 Å². The summed E-state index contributed by atoms with van der Waals surface area (Å²) in [6.45, 7) is 1.80. The van der Waals surface area contributed by atoms with Crippen molar-refractivity contribution in [2.45, 2.75) is 44.6 Å². The van der Waals surface area contributed by atoms with E-state index in [1.54, 1.807) is 13.0 Å². The molecule has 0 radical (unpaired) electrons. The molecular formula is C28H28FNO4. The second-order valence-electron chi connectivity index (χ2n) is 9.33. The maximum absolute atomic E-state index is 14.3. The predicted molar refractivity (Wildman–Crippen MR) is 127 cm³/mol. The van der Waals surface area contributed by atoms with Crippen LogP contribution in [-0.2, 0) is 11.2 Å². The molecule has 2 aromatic carbocycles. The number of aromatic nitrogens is 1. The molecule has 5 nitrogen and oxygen atoms in total. The standard InChI is InChI=1S/C28H28FNO4/c1-16(28(31)32)27(20-8-9-20)21-10-7-19-11-12-24(34-25(19)13-21)18-5-3-17(4-6-18)22-14-26(33-2)30-15-23(22)29/h3-7,10,13-16,20,24,27H,8-9,11-12H2,1-2H3,(H,31,32)/t16-,24?,27?/m0/s1. The Kier molecular flexibility index (Phi) is 5.98. The van der Waals surface area contributed by atoms with Crippen molar-refractivity contribution in [1.82, 2.24) is 4.98 Å². The van der Waals surface area contributed by atoms with E-state index in [1.807, 2.05) is 24.3 Å². The lowest BCUT2D eigenvalue weighted by atomic mass is 9.82. The third kappa shape index (κ3) is 4.37. The van der Waals surface area contributed by atoms with Crippen LogP contribution in [0.15, 0.2) is 54.7 Å². The topological polar surface area (TPSA) is 68.7 Å². The summed E-state index contributed by atoms with van der Waals surface area (Å²) in [6.07, 6.45) is 4.96. The number of hydrogen-bond donors (Lipinski definition) is 1. The van der Waals surface area contributed by atoms with Crippen LogP contribution in [0.5, 0.6) is 11.6 Å². The maximum Gasteiger partial charge on any atom is 0.306 e. The number of aliphatic carboxylic acids is 1. The van der Waals surface area contributed by atoms with E-state index in [9.17, 15) is 14.3 Å². The molecule has 1 fully saturated rings. The van der Waals surface area contributed by atoms with Gasteiger partial charge in [-0.25, -0.2) is 9.37 Å². The fourth-order valence-corrected chi connectivity index (χ4v) is 5.04. The van der Waals surface area contributed by atoms with Crippen LogP contribution in [0.2, 0.25) is 0 Å². The molecule has 1 N–H and O–H groups in total. The normalized spacial score (nSPS) is 19.0. The third-order valence-corrected chi connectivity index (χ3v) is 7.11. The van der Waals surface area contributed by atoms with E-state index < -0.39 is 17.7 Å². The number of fused-ring (bicyclic) bond motifs is 1. The van der Waals surface area contributed by atoms with Crippen LogP contribution < -0.4 is 9.47 Å². The summed E-state index contributed by atoms with van der Waals surface area (Å²) < 4.78 is 25.8. The van der Waals surface area contributed by atoms with Gasteiger partial charge in [0, 0.05) is 11.6 Å². The van der Waals surface area contributed by atoms with Crippen molar-refractivity contribution in [3.05, 3.63) is 77.2 Å². The summed E-state index contributed by atoms with van der Waals surface area (Å²) >= 11 is 0. The van der Waals surface area contributed by atoms with Gasteiger partial charge in [-0.15, -0.1) is 0 Å². The van der Waals surface area contributed by atoms with Crippen molar-refractivity contribution >= 4 is 5.97 Å². The van der Waals surface area contributed by atoms with Gasteiger partial charge in [-0.05, 0) is 65.8 Å². The van der Waals surface area contributed by atoms with Gasteiger partial charge in [0.05, 0.1) is 19.2 Å². The summed E-state index contributed by atoms with van der Waals surface area (Å²) in [6, 6.07) is 15.5. The zero-order chi connectivity index (χ0) is 23.8. The van der Waals surface area contributed by atoms with Crippen molar-refractivity contribution in [2.24, 2.45) is 11.8 Å². The van der Waals surface area contributed by atoms with Gasteiger partial charge < -0.3 is 14.6 Å². The highest BCUT2D eigenvalue weighted by Gasteiger charge is 2.39. The number of carboxylic acids is 1. The van der Waals surface area contributed by atoms with Crippen LogP contribution in [0.1, 0.15) is 54.9 Å². The molecule has 3 aromatic rings. The van der Waals surface area contributed by atoms with E-state index in [4.69, 9.17) is 9.47 Å². The third-order valence-electron chi connectivity index (χ3n) is 7.11. The first-order valence-corrected chi connectivity index (χ1v) is 11.8. The number of nitrogens with zero attached hydrogens (tertiary/aromatic N) is 1. The minimum atomic E-state index is -0.753. The van der Waals surface area contributed by atoms with Crippen molar-refractivity contribution < 1.29 is 23.8 Å². The molecule has 176 valence electrons. The lowest BCUT2D eigenvalue weighted by Crippen LogP contribution is -2.21. The Balaban J connectivity index is 1.37. The summed E-state index contributed by atoms with van der Waals surface area (Å²) in [7, 11) is 1.51.